The second-order valence-corrected chi connectivity index (χ2v) is 7.74. The van der Waals surface area contributed by atoms with E-state index in [9.17, 15) is 4.79 Å². The fourth-order valence-corrected chi connectivity index (χ4v) is 2.20. The fourth-order valence-electron chi connectivity index (χ4n) is 2.20. The minimum absolute atomic E-state index is 0.415. The van der Waals surface area contributed by atoms with Gasteiger partial charge in [0.1, 0.15) is 5.60 Å². The van der Waals surface area contributed by atoms with Crippen molar-refractivity contribution >= 4 is 12.1 Å². The Morgan fingerprint density at radius 1 is 1.08 bits per heavy atom. The number of amides is 1. The first-order valence-electron chi connectivity index (χ1n) is 9.21. The lowest BCUT2D eigenvalue weighted by Crippen LogP contribution is -2.54. The highest BCUT2D eigenvalue weighted by molar-refractivity contribution is 5.79. The predicted octanol–water partition coefficient (Wildman–Crippen LogP) is 2.19. The molecule has 0 heterocycles. The van der Waals surface area contributed by atoms with E-state index >= 15 is 0 Å². The topological polar surface area (TPSA) is 78.0 Å². The molecular formula is C18H39N5O2. The van der Waals surface area contributed by atoms with Crippen molar-refractivity contribution in [1.29, 1.82) is 0 Å². The van der Waals surface area contributed by atoms with Crippen LogP contribution in [0.25, 0.3) is 0 Å². The quantitative estimate of drug-likeness (QED) is 0.335. The third-order valence-electron chi connectivity index (χ3n) is 3.60. The SMILES string of the molecule is CCN(CC)CCCNC(=NC)NCC(C)(C)NC(=O)OC(C)(C)C. The summed E-state index contributed by atoms with van der Waals surface area (Å²) in [6.45, 7) is 18.4. The first-order valence-corrected chi connectivity index (χ1v) is 9.21. The Bertz CT molecular complexity index is 412. The molecule has 7 heteroatoms. The van der Waals surface area contributed by atoms with Gasteiger partial charge in [0, 0.05) is 20.1 Å². The van der Waals surface area contributed by atoms with Crippen molar-refractivity contribution in [2.24, 2.45) is 4.99 Å². The molecule has 0 aromatic rings. The van der Waals surface area contributed by atoms with Crippen molar-refractivity contribution in [3.63, 3.8) is 0 Å². The number of hydrogen-bond acceptors (Lipinski definition) is 4. The van der Waals surface area contributed by atoms with E-state index in [-0.39, 0.29) is 0 Å². The van der Waals surface area contributed by atoms with Crippen LogP contribution in [0.5, 0.6) is 0 Å². The Kier molecular flexibility index (Phi) is 10.5. The number of alkyl carbamates (subject to hydrolysis) is 1. The van der Waals surface area contributed by atoms with Crippen LogP contribution in [0, 0.1) is 0 Å². The standard InChI is InChI=1S/C18H39N5O2/c1-9-23(10-2)13-11-12-20-15(19-8)21-14-18(6,7)22-16(24)25-17(3,4)5/h9-14H2,1-8H3,(H,22,24)(H2,19,20,21). The molecule has 25 heavy (non-hydrogen) atoms. The van der Waals surface area contributed by atoms with Crippen LogP contribution in [0.1, 0.15) is 54.9 Å². The minimum Gasteiger partial charge on any atom is -0.444 e. The monoisotopic (exact) mass is 357 g/mol. The third kappa shape index (κ3) is 12.5. The van der Waals surface area contributed by atoms with Crippen molar-refractivity contribution in [2.75, 3.05) is 39.8 Å². The molecule has 0 radical (unpaired) electrons. The van der Waals surface area contributed by atoms with Gasteiger partial charge in [0.15, 0.2) is 5.96 Å². The molecule has 0 unspecified atom stereocenters. The summed E-state index contributed by atoms with van der Waals surface area (Å²) in [5.41, 5.74) is -0.961. The zero-order valence-corrected chi connectivity index (χ0v) is 17.5. The molecule has 3 N–H and O–H groups in total. The minimum atomic E-state index is -0.504. The maximum absolute atomic E-state index is 11.9. The second-order valence-electron chi connectivity index (χ2n) is 7.74. The van der Waals surface area contributed by atoms with Gasteiger partial charge >= 0.3 is 6.09 Å². The van der Waals surface area contributed by atoms with E-state index in [4.69, 9.17) is 4.74 Å². The number of guanidine groups is 1. The van der Waals surface area contributed by atoms with Gasteiger partial charge in [-0.05, 0) is 60.7 Å². The average Bonchev–Trinajstić information content (AvgIpc) is 2.47. The van der Waals surface area contributed by atoms with E-state index in [0.29, 0.717) is 6.54 Å². The van der Waals surface area contributed by atoms with Gasteiger partial charge in [0.2, 0.25) is 0 Å². The van der Waals surface area contributed by atoms with E-state index in [1.807, 2.05) is 34.6 Å². The smallest absolute Gasteiger partial charge is 0.408 e. The summed E-state index contributed by atoms with van der Waals surface area (Å²) >= 11 is 0. The van der Waals surface area contributed by atoms with Gasteiger partial charge in [0.05, 0.1) is 5.54 Å². The van der Waals surface area contributed by atoms with E-state index in [1.165, 1.54) is 0 Å². The first-order chi connectivity index (χ1) is 11.5. The summed E-state index contributed by atoms with van der Waals surface area (Å²) in [7, 11) is 1.74. The molecule has 0 aromatic heterocycles. The number of nitrogens with one attached hydrogen (secondary N) is 3. The number of aliphatic imine (C=N–C) groups is 1. The Morgan fingerprint density at radius 2 is 1.68 bits per heavy atom. The van der Waals surface area contributed by atoms with Crippen LogP contribution in [0.4, 0.5) is 4.79 Å². The molecule has 0 atom stereocenters. The molecule has 0 spiro atoms. The summed E-state index contributed by atoms with van der Waals surface area (Å²) in [5.74, 6) is 0.735. The zero-order valence-electron chi connectivity index (χ0n) is 17.5. The van der Waals surface area contributed by atoms with Crippen LogP contribution in [0.3, 0.4) is 0 Å². The molecule has 7 nitrogen and oxygen atoms in total. The van der Waals surface area contributed by atoms with Gasteiger partial charge in [-0.2, -0.15) is 0 Å². The summed E-state index contributed by atoms with van der Waals surface area (Å²) in [6.07, 6.45) is 0.642. The Labute approximate surface area is 154 Å². The van der Waals surface area contributed by atoms with E-state index in [1.54, 1.807) is 7.05 Å². The molecule has 148 valence electrons. The number of nitrogens with zero attached hydrogens (tertiary/aromatic N) is 2. The van der Waals surface area contributed by atoms with E-state index in [0.717, 1.165) is 38.6 Å². The Hall–Kier alpha value is -1.50. The van der Waals surface area contributed by atoms with Crippen LogP contribution in [0.15, 0.2) is 4.99 Å². The van der Waals surface area contributed by atoms with Crippen molar-refractivity contribution in [1.82, 2.24) is 20.9 Å². The van der Waals surface area contributed by atoms with Crippen LogP contribution >= 0.6 is 0 Å². The lowest BCUT2D eigenvalue weighted by molar-refractivity contribution is 0.0474. The van der Waals surface area contributed by atoms with Crippen LogP contribution < -0.4 is 16.0 Å². The first kappa shape index (κ1) is 23.5. The molecule has 0 aromatic carbocycles. The maximum atomic E-state index is 11.9. The number of carbonyl (C=O) groups is 1. The molecule has 1 amide bonds. The lowest BCUT2D eigenvalue weighted by Gasteiger charge is -2.29. The van der Waals surface area contributed by atoms with Gasteiger partial charge in [0.25, 0.3) is 0 Å². The number of rotatable bonds is 9. The molecule has 0 aliphatic heterocycles. The maximum Gasteiger partial charge on any atom is 0.408 e. The molecule has 0 saturated heterocycles. The van der Waals surface area contributed by atoms with Gasteiger partial charge < -0.3 is 25.6 Å². The molecular weight excluding hydrogens is 318 g/mol. The molecule has 0 saturated carbocycles. The normalized spacial score (nSPS) is 12.9. The molecule has 0 aliphatic rings. The average molecular weight is 358 g/mol. The summed E-state index contributed by atoms with van der Waals surface area (Å²) in [4.78, 5) is 18.5. The van der Waals surface area contributed by atoms with E-state index in [2.05, 4.69) is 39.7 Å². The molecule has 0 rings (SSSR count). The summed E-state index contributed by atoms with van der Waals surface area (Å²) in [6, 6.07) is 0. The number of carbonyl (C=O) groups excluding carboxylic acids is 1. The van der Waals surface area contributed by atoms with Gasteiger partial charge in [-0.25, -0.2) is 4.79 Å². The highest BCUT2D eigenvalue weighted by Gasteiger charge is 2.24. The molecule has 0 bridgehead atoms. The van der Waals surface area contributed by atoms with Gasteiger partial charge in [-0.15, -0.1) is 0 Å². The fraction of sp³-hybridized carbons (Fsp3) is 0.889. The van der Waals surface area contributed by atoms with Crippen LogP contribution in [-0.2, 0) is 4.74 Å². The van der Waals surface area contributed by atoms with Crippen molar-refractivity contribution in [2.45, 2.75) is 66.0 Å². The highest BCUT2D eigenvalue weighted by atomic mass is 16.6. The second kappa shape index (κ2) is 11.2. The van der Waals surface area contributed by atoms with Gasteiger partial charge in [-0.1, -0.05) is 13.8 Å². The van der Waals surface area contributed by atoms with Crippen molar-refractivity contribution in [3.05, 3.63) is 0 Å². The lowest BCUT2D eigenvalue weighted by atomic mass is 10.1. The Balaban J connectivity index is 4.21. The third-order valence-corrected chi connectivity index (χ3v) is 3.60. The van der Waals surface area contributed by atoms with Crippen molar-refractivity contribution in [3.8, 4) is 0 Å². The van der Waals surface area contributed by atoms with Crippen LogP contribution in [-0.4, -0.2) is 67.9 Å². The highest BCUT2D eigenvalue weighted by Crippen LogP contribution is 2.09. The molecule has 0 aliphatic carbocycles. The zero-order chi connectivity index (χ0) is 19.5. The number of ether oxygens (including phenoxy) is 1. The Morgan fingerprint density at radius 3 is 2.16 bits per heavy atom. The summed E-state index contributed by atoms with van der Waals surface area (Å²) < 4.78 is 5.30. The van der Waals surface area contributed by atoms with E-state index < -0.39 is 17.2 Å². The van der Waals surface area contributed by atoms with Crippen molar-refractivity contribution < 1.29 is 9.53 Å². The van der Waals surface area contributed by atoms with Crippen LogP contribution in [0.2, 0.25) is 0 Å². The predicted molar refractivity (Wildman–Crippen MR) is 105 cm³/mol. The summed E-state index contributed by atoms with van der Waals surface area (Å²) in [5, 5.41) is 9.43. The number of hydrogen-bond donors (Lipinski definition) is 3. The molecule has 0 fully saturated rings. The largest absolute Gasteiger partial charge is 0.444 e. The van der Waals surface area contributed by atoms with Gasteiger partial charge in [-0.3, -0.25) is 4.99 Å².